The highest BCUT2D eigenvalue weighted by atomic mass is 32.1. The van der Waals surface area contributed by atoms with Crippen molar-refractivity contribution in [2.24, 2.45) is 11.8 Å². The van der Waals surface area contributed by atoms with Crippen LogP contribution in [0.2, 0.25) is 0 Å². The molecule has 1 amide bonds. The summed E-state index contributed by atoms with van der Waals surface area (Å²) in [6.07, 6.45) is -2.73. The summed E-state index contributed by atoms with van der Waals surface area (Å²) in [5, 5.41) is 11.1. The van der Waals surface area contributed by atoms with Crippen molar-refractivity contribution >= 4 is 23.4 Å². The molecule has 1 aromatic heterocycles. The van der Waals surface area contributed by atoms with Gasteiger partial charge in [0.15, 0.2) is 5.69 Å². The predicted octanol–water partition coefficient (Wildman–Crippen LogP) is 1.66. The zero-order chi connectivity index (χ0) is 21.2. The lowest BCUT2D eigenvalue weighted by molar-refractivity contribution is -0.192. The molecule has 2 atom stereocenters. The van der Waals surface area contributed by atoms with Gasteiger partial charge < -0.3 is 19.6 Å². The van der Waals surface area contributed by atoms with Crippen molar-refractivity contribution in [1.29, 1.82) is 0 Å². The third-order valence-corrected chi connectivity index (χ3v) is 6.16. The third-order valence-electron chi connectivity index (χ3n) is 5.53. The molecule has 1 N–H and O–H groups in total. The molecule has 162 valence electrons. The van der Waals surface area contributed by atoms with Gasteiger partial charge in [0.25, 0.3) is 5.91 Å². The van der Waals surface area contributed by atoms with Crippen LogP contribution in [0.1, 0.15) is 28.2 Å². The van der Waals surface area contributed by atoms with Gasteiger partial charge in [-0.15, -0.1) is 5.10 Å². The number of amides is 1. The molecule has 3 aliphatic heterocycles. The number of aromatic nitrogens is 2. The Morgan fingerprint density at radius 2 is 1.90 bits per heavy atom. The summed E-state index contributed by atoms with van der Waals surface area (Å²) in [7, 11) is 0. The molecule has 0 saturated carbocycles. The van der Waals surface area contributed by atoms with Gasteiger partial charge in [-0.05, 0) is 37.2 Å². The lowest BCUT2D eigenvalue weighted by atomic mass is 9.91. The van der Waals surface area contributed by atoms with Gasteiger partial charge in [-0.25, -0.2) is 4.79 Å². The quantitative estimate of drug-likeness (QED) is 0.770. The van der Waals surface area contributed by atoms with Crippen LogP contribution in [0, 0.1) is 18.8 Å². The second kappa shape index (κ2) is 8.92. The van der Waals surface area contributed by atoms with Gasteiger partial charge in [-0.1, -0.05) is 4.49 Å². The maximum atomic E-state index is 12.5. The lowest BCUT2D eigenvalue weighted by Crippen LogP contribution is -2.58. The van der Waals surface area contributed by atoms with E-state index in [2.05, 4.69) is 14.5 Å². The molecule has 0 aromatic carbocycles. The highest BCUT2D eigenvalue weighted by Crippen LogP contribution is 2.34. The van der Waals surface area contributed by atoms with Crippen molar-refractivity contribution in [3.63, 3.8) is 0 Å². The van der Waals surface area contributed by atoms with Gasteiger partial charge in [0.2, 0.25) is 0 Å². The van der Waals surface area contributed by atoms with Crippen LogP contribution in [-0.2, 0) is 9.53 Å². The van der Waals surface area contributed by atoms with E-state index in [0.717, 1.165) is 50.2 Å². The van der Waals surface area contributed by atoms with Gasteiger partial charge >= 0.3 is 12.1 Å². The standard InChI is InChI=1S/C15H22N4O2S.C2HF3O2/c1-10-14(16-17-22-10)15(20)19-8-12-7-18(9-13(12)19)6-11-2-4-21-5-3-11;3-2(4,5)1(6)7/h11-13H,2-9H2,1H3;(H,6,7)/t12-,13-;/m0./s1. The second-order valence-electron chi connectivity index (χ2n) is 7.54. The number of nitrogens with zero attached hydrogens (tertiary/aromatic N) is 4. The zero-order valence-corrected chi connectivity index (χ0v) is 16.7. The number of aliphatic carboxylic acids is 1. The van der Waals surface area contributed by atoms with Gasteiger partial charge in [0.1, 0.15) is 0 Å². The van der Waals surface area contributed by atoms with Crippen LogP contribution < -0.4 is 0 Å². The van der Waals surface area contributed by atoms with E-state index in [1.54, 1.807) is 0 Å². The first-order valence-corrected chi connectivity index (χ1v) is 10.1. The number of halogens is 3. The van der Waals surface area contributed by atoms with Crippen LogP contribution >= 0.6 is 11.5 Å². The summed E-state index contributed by atoms with van der Waals surface area (Å²) in [4.78, 5) is 26.9. The monoisotopic (exact) mass is 436 g/mol. The Bertz CT molecular complexity index is 739. The summed E-state index contributed by atoms with van der Waals surface area (Å²) >= 11 is 1.30. The first-order chi connectivity index (χ1) is 13.7. The molecular formula is C17H23F3N4O4S. The van der Waals surface area contributed by atoms with Gasteiger partial charge in [-0.2, -0.15) is 13.2 Å². The molecule has 3 fully saturated rings. The van der Waals surface area contributed by atoms with Crippen molar-refractivity contribution in [3.05, 3.63) is 10.6 Å². The fourth-order valence-corrected chi connectivity index (χ4v) is 4.43. The summed E-state index contributed by atoms with van der Waals surface area (Å²) in [6.45, 7) is 7.93. The number of rotatable bonds is 3. The highest BCUT2D eigenvalue weighted by Gasteiger charge is 2.48. The fourth-order valence-electron chi connectivity index (χ4n) is 3.97. The number of ether oxygens (including phenoxy) is 1. The Balaban J connectivity index is 0.000000298. The first-order valence-electron chi connectivity index (χ1n) is 9.37. The Hall–Kier alpha value is -1.79. The lowest BCUT2D eigenvalue weighted by Gasteiger charge is -2.43. The molecule has 1 aromatic rings. The number of carbonyl (C=O) groups is 2. The van der Waals surface area contributed by atoms with E-state index in [1.165, 1.54) is 24.4 Å². The van der Waals surface area contributed by atoms with Crippen LogP contribution in [0.4, 0.5) is 13.2 Å². The molecule has 3 saturated heterocycles. The van der Waals surface area contributed by atoms with Gasteiger partial charge in [0.05, 0.1) is 10.9 Å². The van der Waals surface area contributed by atoms with Crippen LogP contribution in [0.3, 0.4) is 0 Å². The summed E-state index contributed by atoms with van der Waals surface area (Å²) < 4.78 is 41.1. The molecule has 8 nitrogen and oxygen atoms in total. The SMILES string of the molecule is Cc1snnc1C(=O)N1C[C@@H]2CN(CC3CCOCC3)C[C@@H]21.O=C(O)C(F)(F)F. The van der Waals surface area contributed by atoms with Crippen molar-refractivity contribution in [1.82, 2.24) is 19.4 Å². The normalized spacial score (nSPS) is 25.0. The first kappa shape index (κ1) is 21.9. The van der Waals surface area contributed by atoms with E-state index in [1.807, 2.05) is 11.8 Å². The maximum Gasteiger partial charge on any atom is 0.490 e. The van der Waals surface area contributed by atoms with E-state index in [0.29, 0.717) is 17.7 Å². The highest BCUT2D eigenvalue weighted by molar-refractivity contribution is 7.05. The Kier molecular flexibility index (Phi) is 6.74. The number of aryl methyl sites for hydroxylation is 1. The van der Waals surface area contributed by atoms with Crippen molar-refractivity contribution in [3.8, 4) is 0 Å². The molecule has 4 rings (SSSR count). The number of hydrogen-bond acceptors (Lipinski definition) is 7. The molecule has 0 aliphatic carbocycles. The molecule has 0 unspecified atom stereocenters. The fraction of sp³-hybridized carbons (Fsp3) is 0.765. The topological polar surface area (TPSA) is 95.9 Å². The van der Waals surface area contributed by atoms with E-state index in [4.69, 9.17) is 14.6 Å². The van der Waals surface area contributed by atoms with Crippen LogP contribution in [0.5, 0.6) is 0 Å². The molecule has 12 heteroatoms. The van der Waals surface area contributed by atoms with Gasteiger partial charge in [-0.3, -0.25) is 4.79 Å². The minimum absolute atomic E-state index is 0.0698. The average molecular weight is 436 g/mol. The number of alkyl halides is 3. The number of carboxylic acids is 1. The molecule has 0 spiro atoms. The van der Waals surface area contributed by atoms with Crippen molar-refractivity contribution in [2.45, 2.75) is 32.0 Å². The largest absolute Gasteiger partial charge is 0.490 e. The molecule has 0 radical (unpaired) electrons. The Morgan fingerprint density at radius 3 is 2.45 bits per heavy atom. The Labute approximate surface area is 169 Å². The molecule has 0 bridgehead atoms. The summed E-state index contributed by atoms with van der Waals surface area (Å²) in [6, 6.07) is 0.383. The zero-order valence-electron chi connectivity index (χ0n) is 15.9. The number of fused-ring (bicyclic) bond motifs is 1. The number of hydrogen-bond donors (Lipinski definition) is 1. The third kappa shape index (κ3) is 5.23. The summed E-state index contributed by atoms with van der Waals surface area (Å²) in [5.41, 5.74) is 0.548. The van der Waals surface area contributed by atoms with E-state index < -0.39 is 12.1 Å². The van der Waals surface area contributed by atoms with Crippen LogP contribution in [0.25, 0.3) is 0 Å². The minimum atomic E-state index is -5.08. The smallest absolute Gasteiger partial charge is 0.475 e. The van der Waals surface area contributed by atoms with Crippen molar-refractivity contribution < 1.29 is 32.6 Å². The second-order valence-corrected chi connectivity index (χ2v) is 8.50. The Morgan fingerprint density at radius 1 is 1.24 bits per heavy atom. The van der Waals surface area contributed by atoms with E-state index in [-0.39, 0.29) is 5.91 Å². The predicted molar refractivity (Wildman–Crippen MR) is 96.6 cm³/mol. The van der Waals surface area contributed by atoms with Crippen LogP contribution in [0.15, 0.2) is 0 Å². The molecule has 4 heterocycles. The number of carbonyl (C=O) groups excluding carboxylic acids is 1. The molecular weight excluding hydrogens is 413 g/mol. The van der Waals surface area contributed by atoms with E-state index >= 15 is 0 Å². The van der Waals surface area contributed by atoms with Crippen molar-refractivity contribution in [2.75, 3.05) is 39.4 Å². The van der Waals surface area contributed by atoms with E-state index in [9.17, 15) is 18.0 Å². The number of likely N-dealkylation sites (tertiary alicyclic amines) is 2. The average Bonchev–Trinajstić information content (AvgIpc) is 3.20. The minimum Gasteiger partial charge on any atom is -0.475 e. The van der Waals surface area contributed by atoms with Crippen LogP contribution in [-0.4, -0.2) is 88.0 Å². The summed E-state index contributed by atoms with van der Waals surface area (Å²) in [5.74, 6) is -1.27. The maximum absolute atomic E-state index is 12.5. The molecule has 3 aliphatic rings. The number of carboxylic acid groups (broad SMARTS) is 1. The van der Waals surface area contributed by atoms with Gasteiger partial charge in [0, 0.05) is 45.3 Å². The molecule has 29 heavy (non-hydrogen) atoms.